The number of nitrogens with one attached hydrogen (secondary N) is 2. The lowest BCUT2D eigenvalue weighted by Crippen LogP contribution is -2.34. The van der Waals surface area contributed by atoms with Gasteiger partial charge in [0.05, 0.1) is 10.7 Å². The van der Waals surface area contributed by atoms with Crippen LogP contribution in [-0.2, 0) is 0 Å². The minimum absolute atomic E-state index is 0.0359. The molecule has 0 bridgehead atoms. The summed E-state index contributed by atoms with van der Waals surface area (Å²) in [6.07, 6.45) is 0. The molecular formula is C11H15N5O2S. The second-order valence-electron chi connectivity index (χ2n) is 4.31. The van der Waals surface area contributed by atoms with Gasteiger partial charge in [-0.1, -0.05) is 5.10 Å². The molecule has 102 valence electrons. The van der Waals surface area contributed by atoms with Crippen LogP contribution in [0.4, 0.5) is 10.8 Å². The molecule has 2 aromatic rings. The van der Waals surface area contributed by atoms with Crippen LogP contribution in [0.3, 0.4) is 0 Å². The molecule has 0 spiro atoms. The number of carbonyl (C=O) groups is 1. The number of aromatic nitrogens is 3. The third-order valence-electron chi connectivity index (χ3n) is 2.16. The van der Waals surface area contributed by atoms with E-state index in [0.29, 0.717) is 5.89 Å². The van der Waals surface area contributed by atoms with Gasteiger partial charge in [0.1, 0.15) is 4.88 Å². The lowest BCUT2D eigenvalue weighted by atomic mass is 10.4. The molecule has 2 aromatic heterocycles. The molecule has 2 amide bonds. The lowest BCUT2D eigenvalue weighted by Gasteiger charge is -2.06. The molecule has 0 saturated heterocycles. The smallest absolute Gasteiger partial charge is 0.324 e. The summed E-state index contributed by atoms with van der Waals surface area (Å²) >= 11 is 1.47. The standard InChI is InChI=1S/C11H15N5O2S/c1-5(2)12-10(17)14-11-16-15-9(18-11)8-6(3)13-7(4)19-8/h5H,1-4H3,(H2,12,14,16,17). The van der Waals surface area contributed by atoms with Crippen LogP contribution in [-0.4, -0.2) is 27.3 Å². The van der Waals surface area contributed by atoms with E-state index in [0.717, 1.165) is 15.6 Å². The predicted octanol–water partition coefficient (Wildman–Crippen LogP) is 2.34. The third kappa shape index (κ3) is 3.28. The van der Waals surface area contributed by atoms with E-state index in [1.54, 1.807) is 0 Å². The van der Waals surface area contributed by atoms with E-state index in [9.17, 15) is 4.79 Å². The molecule has 0 saturated carbocycles. The normalized spacial score (nSPS) is 10.8. The van der Waals surface area contributed by atoms with Crippen LogP contribution in [0.15, 0.2) is 4.42 Å². The molecule has 0 aliphatic heterocycles. The van der Waals surface area contributed by atoms with E-state index in [-0.39, 0.29) is 18.1 Å². The zero-order valence-corrected chi connectivity index (χ0v) is 12.0. The summed E-state index contributed by atoms with van der Waals surface area (Å²) in [6, 6.07) is -0.269. The Labute approximate surface area is 114 Å². The quantitative estimate of drug-likeness (QED) is 0.900. The summed E-state index contributed by atoms with van der Waals surface area (Å²) in [4.78, 5) is 16.6. The number of hydrogen-bond donors (Lipinski definition) is 2. The summed E-state index contributed by atoms with van der Waals surface area (Å²) < 4.78 is 5.39. The van der Waals surface area contributed by atoms with E-state index in [4.69, 9.17) is 4.42 Å². The van der Waals surface area contributed by atoms with Crippen LogP contribution in [0, 0.1) is 13.8 Å². The van der Waals surface area contributed by atoms with Gasteiger partial charge >= 0.3 is 12.0 Å². The summed E-state index contributed by atoms with van der Waals surface area (Å²) in [5, 5.41) is 13.8. The van der Waals surface area contributed by atoms with Crippen LogP contribution < -0.4 is 10.6 Å². The minimum atomic E-state index is -0.373. The molecule has 0 aromatic carbocycles. The summed E-state index contributed by atoms with van der Waals surface area (Å²) in [6.45, 7) is 7.51. The summed E-state index contributed by atoms with van der Waals surface area (Å²) in [7, 11) is 0. The number of aryl methyl sites for hydroxylation is 2. The maximum Gasteiger partial charge on any atom is 0.324 e. The first-order chi connectivity index (χ1) is 8.95. The Morgan fingerprint density at radius 1 is 1.32 bits per heavy atom. The maximum absolute atomic E-state index is 11.5. The van der Waals surface area contributed by atoms with Gasteiger partial charge in [0.15, 0.2) is 0 Å². The van der Waals surface area contributed by atoms with Gasteiger partial charge in [-0.2, -0.15) is 0 Å². The number of nitrogens with zero attached hydrogens (tertiary/aromatic N) is 3. The second kappa shape index (κ2) is 5.35. The highest BCUT2D eigenvalue weighted by molar-refractivity contribution is 7.15. The molecule has 7 nitrogen and oxygen atoms in total. The Bertz CT molecular complexity index is 590. The fraction of sp³-hybridized carbons (Fsp3) is 0.455. The average Bonchev–Trinajstić information content (AvgIpc) is 2.84. The molecule has 0 unspecified atom stereocenters. The van der Waals surface area contributed by atoms with Crippen molar-refractivity contribution in [1.82, 2.24) is 20.5 Å². The van der Waals surface area contributed by atoms with Crippen molar-refractivity contribution in [3.05, 3.63) is 10.7 Å². The number of rotatable bonds is 3. The maximum atomic E-state index is 11.5. The molecule has 0 atom stereocenters. The van der Waals surface area contributed by atoms with Crippen molar-refractivity contribution in [3.63, 3.8) is 0 Å². The van der Waals surface area contributed by atoms with Gasteiger partial charge in [0.25, 0.3) is 5.89 Å². The first kappa shape index (κ1) is 13.5. The van der Waals surface area contributed by atoms with Crippen molar-refractivity contribution < 1.29 is 9.21 Å². The molecule has 0 fully saturated rings. The Balaban J connectivity index is 2.11. The van der Waals surface area contributed by atoms with Gasteiger partial charge in [0.2, 0.25) is 0 Å². The molecule has 2 rings (SSSR count). The lowest BCUT2D eigenvalue weighted by molar-refractivity contribution is 0.249. The van der Waals surface area contributed by atoms with Gasteiger partial charge in [0, 0.05) is 6.04 Å². The number of urea groups is 1. The highest BCUT2D eigenvalue weighted by Crippen LogP contribution is 2.29. The predicted molar refractivity (Wildman–Crippen MR) is 72.2 cm³/mol. The highest BCUT2D eigenvalue weighted by atomic mass is 32.1. The number of thiazole rings is 1. The van der Waals surface area contributed by atoms with Crippen molar-refractivity contribution in [2.24, 2.45) is 0 Å². The van der Waals surface area contributed by atoms with Gasteiger partial charge in [-0.25, -0.2) is 9.78 Å². The molecule has 2 N–H and O–H groups in total. The van der Waals surface area contributed by atoms with E-state index >= 15 is 0 Å². The first-order valence-corrected chi connectivity index (χ1v) is 6.62. The van der Waals surface area contributed by atoms with E-state index < -0.39 is 0 Å². The second-order valence-corrected chi connectivity index (χ2v) is 5.52. The number of amides is 2. The topological polar surface area (TPSA) is 92.9 Å². The van der Waals surface area contributed by atoms with Gasteiger partial charge in [-0.05, 0) is 27.7 Å². The SMILES string of the molecule is Cc1nc(C)c(-c2nnc(NC(=O)NC(C)C)o2)s1. The number of anilines is 1. The fourth-order valence-electron chi connectivity index (χ4n) is 1.49. The average molecular weight is 281 g/mol. The fourth-order valence-corrected chi connectivity index (χ4v) is 2.33. The number of carbonyl (C=O) groups excluding carboxylic acids is 1. The van der Waals surface area contributed by atoms with Crippen LogP contribution in [0.5, 0.6) is 0 Å². The molecule has 8 heteroatoms. The van der Waals surface area contributed by atoms with Crippen LogP contribution in [0.2, 0.25) is 0 Å². The Morgan fingerprint density at radius 2 is 2.05 bits per heavy atom. The van der Waals surface area contributed by atoms with Gasteiger partial charge in [-0.15, -0.1) is 16.4 Å². The Hall–Kier alpha value is -1.96. The molecule has 0 radical (unpaired) electrons. The van der Waals surface area contributed by atoms with Crippen molar-refractivity contribution >= 4 is 23.4 Å². The van der Waals surface area contributed by atoms with Gasteiger partial charge in [-0.3, -0.25) is 5.32 Å². The molecule has 0 aliphatic carbocycles. The van der Waals surface area contributed by atoms with E-state index in [1.165, 1.54) is 11.3 Å². The molecule has 19 heavy (non-hydrogen) atoms. The van der Waals surface area contributed by atoms with Crippen molar-refractivity contribution in [3.8, 4) is 10.8 Å². The molecule has 2 heterocycles. The van der Waals surface area contributed by atoms with Crippen LogP contribution in [0.1, 0.15) is 24.5 Å². The minimum Gasteiger partial charge on any atom is -0.402 e. The zero-order valence-electron chi connectivity index (χ0n) is 11.1. The largest absolute Gasteiger partial charge is 0.402 e. The first-order valence-electron chi connectivity index (χ1n) is 5.81. The van der Waals surface area contributed by atoms with Crippen LogP contribution in [0.25, 0.3) is 10.8 Å². The van der Waals surface area contributed by atoms with Crippen LogP contribution >= 0.6 is 11.3 Å². The van der Waals surface area contributed by atoms with E-state index in [1.807, 2.05) is 27.7 Å². The van der Waals surface area contributed by atoms with Gasteiger partial charge < -0.3 is 9.73 Å². The molecular weight excluding hydrogens is 266 g/mol. The summed E-state index contributed by atoms with van der Waals surface area (Å²) in [5.41, 5.74) is 0.837. The molecule has 0 aliphatic rings. The van der Waals surface area contributed by atoms with Crippen molar-refractivity contribution in [2.75, 3.05) is 5.32 Å². The highest BCUT2D eigenvalue weighted by Gasteiger charge is 2.16. The Morgan fingerprint density at radius 3 is 2.63 bits per heavy atom. The zero-order chi connectivity index (χ0) is 14.0. The summed E-state index contributed by atoms with van der Waals surface area (Å²) in [5.74, 6) is 0.364. The monoisotopic (exact) mass is 281 g/mol. The van der Waals surface area contributed by atoms with Crippen molar-refractivity contribution in [1.29, 1.82) is 0 Å². The Kier molecular flexibility index (Phi) is 3.79. The van der Waals surface area contributed by atoms with Crippen molar-refractivity contribution in [2.45, 2.75) is 33.7 Å². The third-order valence-corrected chi connectivity index (χ3v) is 3.22. The number of hydrogen-bond acceptors (Lipinski definition) is 6. The van der Waals surface area contributed by atoms with E-state index in [2.05, 4.69) is 25.8 Å².